The number of piperidine rings is 1. The van der Waals surface area contributed by atoms with E-state index in [0.717, 1.165) is 5.56 Å². The van der Waals surface area contributed by atoms with Crippen LogP contribution in [0.15, 0.2) is 22.8 Å². The first-order chi connectivity index (χ1) is 10.2. The molecule has 1 aliphatic heterocycles. The van der Waals surface area contributed by atoms with Crippen LogP contribution in [0.4, 0.5) is 0 Å². The Labute approximate surface area is 121 Å². The van der Waals surface area contributed by atoms with E-state index >= 15 is 0 Å². The van der Waals surface area contributed by atoms with Gasteiger partial charge in [0.15, 0.2) is 0 Å². The number of likely N-dealkylation sites (tertiary alicyclic amines) is 1. The van der Waals surface area contributed by atoms with Crippen LogP contribution in [-0.4, -0.2) is 52.1 Å². The lowest BCUT2D eigenvalue weighted by Gasteiger charge is -2.35. The van der Waals surface area contributed by atoms with Gasteiger partial charge in [-0.15, -0.1) is 0 Å². The fourth-order valence-electron chi connectivity index (χ4n) is 2.77. The van der Waals surface area contributed by atoms with Crippen molar-refractivity contribution in [2.75, 3.05) is 13.7 Å². The van der Waals surface area contributed by atoms with E-state index in [1.807, 2.05) is 23.1 Å². The molecule has 1 fully saturated rings. The van der Waals surface area contributed by atoms with E-state index in [4.69, 9.17) is 9.37 Å². The average Bonchev–Trinajstić information content (AvgIpc) is 2.97. The fraction of sp³-hybridized carbons (Fsp3) is 0.500. The van der Waals surface area contributed by atoms with Crippen molar-refractivity contribution < 1.29 is 19.3 Å². The predicted octanol–water partition coefficient (Wildman–Crippen LogP) is 0.721. The molecule has 0 amide bonds. The minimum atomic E-state index is -0.463. The molecule has 1 aromatic heterocycles. The summed E-state index contributed by atoms with van der Waals surface area (Å²) in [7, 11) is 1.36. The number of nitrogens with zero attached hydrogens (tertiary/aromatic N) is 3. The summed E-state index contributed by atoms with van der Waals surface area (Å²) < 4.78 is 9.60. The summed E-state index contributed by atoms with van der Waals surface area (Å²) in [6, 6.07) is 5.21. The molecular weight excluding hydrogens is 274 g/mol. The summed E-state index contributed by atoms with van der Waals surface area (Å²) in [6.45, 7) is 1.17. The highest BCUT2D eigenvalue weighted by molar-refractivity contribution is 5.77. The SMILES string of the molecule is COC(=O)[C@@H]1C[C@H](O)CCN1Cc1cccc2nonc12. The number of rotatable bonds is 3. The van der Waals surface area contributed by atoms with Crippen molar-refractivity contribution in [1.29, 1.82) is 0 Å². The number of hydrogen-bond donors (Lipinski definition) is 1. The number of carbonyl (C=O) groups is 1. The summed E-state index contributed by atoms with van der Waals surface area (Å²) in [4.78, 5) is 13.9. The maximum absolute atomic E-state index is 11.9. The summed E-state index contributed by atoms with van der Waals surface area (Å²) in [5, 5.41) is 17.5. The molecule has 7 nitrogen and oxygen atoms in total. The molecule has 112 valence electrons. The van der Waals surface area contributed by atoms with Crippen molar-refractivity contribution in [2.24, 2.45) is 0 Å². The van der Waals surface area contributed by atoms with Crippen LogP contribution >= 0.6 is 0 Å². The average molecular weight is 291 g/mol. The van der Waals surface area contributed by atoms with Crippen LogP contribution in [-0.2, 0) is 16.1 Å². The van der Waals surface area contributed by atoms with Gasteiger partial charge in [0.1, 0.15) is 17.1 Å². The number of methoxy groups -OCH3 is 1. The van der Waals surface area contributed by atoms with Crippen molar-refractivity contribution >= 4 is 17.0 Å². The summed E-state index contributed by atoms with van der Waals surface area (Å²) in [5.41, 5.74) is 2.34. The van der Waals surface area contributed by atoms with E-state index in [1.165, 1.54) is 7.11 Å². The number of aliphatic hydroxyl groups excluding tert-OH is 1. The summed E-state index contributed by atoms with van der Waals surface area (Å²) in [5.74, 6) is -0.320. The lowest BCUT2D eigenvalue weighted by molar-refractivity contribution is -0.150. The molecule has 2 heterocycles. The van der Waals surface area contributed by atoms with Crippen LogP contribution in [0.25, 0.3) is 11.0 Å². The van der Waals surface area contributed by atoms with E-state index in [0.29, 0.717) is 37.0 Å². The van der Waals surface area contributed by atoms with Gasteiger partial charge < -0.3 is 9.84 Å². The van der Waals surface area contributed by atoms with E-state index < -0.39 is 12.1 Å². The number of fused-ring (bicyclic) bond motifs is 1. The molecule has 3 rings (SSSR count). The zero-order valence-electron chi connectivity index (χ0n) is 11.7. The smallest absolute Gasteiger partial charge is 0.323 e. The highest BCUT2D eigenvalue weighted by atomic mass is 16.6. The van der Waals surface area contributed by atoms with Gasteiger partial charge in [-0.3, -0.25) is 9.69 Å². The molecule has 2 aromatic rings. The second-order valence-electron chi connectivity index (χ2n) is 5.24. The van der Waals surface area contributed by atoms with Crippen molar-refractivity contribution in [3.05, 3.63) is 23.8 Å². The molecule has 21 heavy (non-hydrogen) atoms. The zero-order chi connectivity index (χ0) is 14.8. The van der Waals surface area contributed by atoms with Crippen molar-refractivity contribution in [2.45, 2.75) is 31.5 Å². The molecule has 0 bridgehead atoms. The maximum Gasteiger partial charge on any atom is 0.323 e. The van der Waals surface area contributed by atoms with Crippen LogP contribution < -0.4 is 0 Å². The molecule has 1 aliphatic rings. The molecule has 0 unspecified atom stereocenters. The van der Waals surface area contributed by atoms with Crippen LogP contribution in [0.2, 0.25) is 0 Å². The maximum atomic E-state index is 11.9. The van der Waals surface area contributed by atoms with Gasteiger partial charge in [-0.25, -0.2) is 4.63 Å². The van der Waals surface area contributed by atoms with Gasteiger partial charge in [-0.05, 0) is 34.8 Å². The van der Waals surface area contributed by atoms with Gasteiger partial charge >= 0.3 is 5.97 Å². The number of aliphatic hydroxyl groups is 1. The Kier molecular flexibility index (Phi) is 3.85. The highest BCUT2D eigenvalue weighted by Crippen LogP contribution is 2.23. The van der Waals surface area contributed by atoms with Gasteiger partial charge in [-0.2, -0.15) is 0 Å². The van der Waals surface area contributed by atoms with Crippen LogP contribution in [0.1, 0.15) is 18.4 Å². The Bertz CT molecular complexity index is 642. The Morgan fingerprint density at radius 1 is 1.52 bits per heavy atom. The third-order valence-electron chi connectivity index (χ3n) is 3.90. The molecule has 1 aromatic carbocycles. The Morgan fingerprint density at radius 2 is 2.38 bits per heavy atom. The Morgan fingerprint density at radius 3 is 3.19 bits per heavy atom. The van der Waals surface area contributed by atoms with Crippen LogP contribution in [0.3, 0.4) is 0 Å². The standard InChI is InChI=1S/C14H17N3O4/c1-20-14(19)12-7-10(18)5-6-17(12)8-9-3-2-4-11-13(9)16-21-15-11/h2-4,10,12,18H,5-8H2,1H3/t10-,12+/m1/s1. The van der Waals surface area contributed by atoms with Gasteiger partial charge in [0.2, 0.25) is 0 Å². The third kappa shape index (κ3) is 2.74. The van der Waals surface area contributed by atoms with E-state index in [2.05, 4.69) is 10.3 Å². The van der Waals surface area contributed by atoms with Crippen molar-refractivity contribution in [1.82, 2.24) is 15.2 Å². The second-order valence-corrected chi connectivity index (χ2v) is 5.24. The largest absolute Gasteiger partial charge is 0.468 e. The number of hydrogen-bond acceptors (Lipinski definition) is 7. The van der Waals surface area contributed by atoms with E-state index in [1.54, 1.807) is 0 Å². The van der Waals surface area contributed by atoms with Gasteiger partial charge in [0.25, 0.3) is 0 Å². The van der Waals surface area contributed by atoms with Crippen LogP contribution in [0, 0.1) is 0 Å². The van der Waals surface area contributed by atoms with Gasteiger partial charge in [-0.1, -0.05) is 12.1 Å². The molecule has 2 atom stereocenters. The summed E-state index contributed by atoms with van der Waals surface area (Å²) >= 11 is 0. The van der Waals surface area contributed by atoms with E-state index in [-0.39, 0.29) is 5.97 Å². The number of carbonyl (C=O) groups excluding carboxylic acids is 1. The first kappa shape index (κ1) is 14.0. The van der Waals surface area contributed by atoms with Crippen LogP contribution in [0.5, 0.6) is 0 Å². The van der Waals surface area contributed by atoms with Gasteiger partial charge in [0.05, 0.1) is 13.2 Å². The lowest BCUT2D eigenvalue weighted by Crippen LogP contribution is -2.48. The molecule has 0 saturated carbocycles. The Balaban J connectivity index is 1.85. The molecule has 1 saturated heterocycles. The quantitative estimate of drug-likeness (QED) is 0.833. The Hall–Kier alpha value is -1.99. The number of benzene rings is 1. The highest BCUT2D eigenvalue weighted by Gasteiger charge is 2.33. The monoisotopic (exact) mass is 291 g/mol. The molecular formula is C14H17N3O4. The summed E-state index contributed by atoms with van der Waals surface area (Å²) in [6.07, 6.45) is 0.565. The van der Waals surface area contributed by atoms with Crippen molar-refractivity contribution in [3.8, 4) is 0 Å². The number of aromatic nitrogens is 2. The minimum Gasteiger partial charge on any atom is -0.468 e. The molecule has 0 spiro atoms. The second kappa shape index (κ2) is 5.79. The normalized spacial score (nSPS) is 23.3. The van der Waals surface area contributed by atoms with Gasteiger partial charge in [0, 0.05) is 13.1 Å². The fourth-order valence-corrected chi connectivity index (χ4v) is 2.77. The zero-order valence-corrected chi connectivity index (χ0v) is 11.7. The molecule has 7 heteroatoms. The number of ether oxygens (including phenoxy) is 1. The first-order valence-corrected chi connectivity index (χ1v) is 6.89. The van der Waals surface area contributed by atoms with E-state index in [9.17, 15) is 9.90 Å². The van der Waals surface area contributed by atoms with Crippen molar-refractivity contribution in [3.63, 3.8) is 0 Å². The predicted molar refractivity (Wildman–Crippen MR) is 73.3 cm³/mol. The lowest BCUT2D eigenvalue weighted by atomic mass is 9.98. The number of esters is 1. The molecule has 0 radical (unpaired) electrons. The molecule has 0 aliphatic carbocycles. The minimum absolute atomic E-state index is 0.320. The third-order valence-corrected chi connectivity index (χ3v) is 3.90. The molecule has 1 N–H and O–H groups in total. The topological polar surface area (TPSA) is 88.7 Å². The first-order valence-electron chi connectivity index (χ1n) is 6.89.